The molecule has 0 saturated carbocycles. The Morgan fingerprint density at radius 3 is 2.06 bits per heavy atom. The lowest BCUT2D eigenvalue weighted by Crippen LogP contribution is -2.31. The van der Waals surface area contributed by atoms with Crippen LogP contribution < -0.4 is 10.6 Å². The van der Waals surface area contributed by atoms with Crippen molar-refractivity contribution in [1.82, 2.24) is 0 Å². The van der Waals surface area contributed by atoms with Crippen molar-refractivity contribution in [3.8, 4) is 11.1 Å². The number of carboxylic acids is 1. The van der Waals surface area contributed by atoms with Gasteiger partial charge >= 0.3 is 13.1 Å². The van der Waals surface area contributed by atoms with Crippen LogP contribution in [0, 0.1) is 0 Å². The number of hydrogen-bond donors (Lipinski definition) is 3. The molecule has 0 aromatic heterocycles. The number of ether oxygens (including phenoxy) is 1. The molecule has 0 spiro atoms. The Labute approximate surface area is 185 Å². The Morgan fingerprint density at radius 2 is 1.53 bits per heavy atom. The topological polar surface area (TPSA) is 122 Å². The first-order valence-corrected chi connectivity index (χ1v) is 10.2. The predicted octanol–water partition coefficient (Wildman–Crippen LogP) is 0.908. The first kappa shape index (κ1) is 21.6. The van der Waals surface area contributed by atoms with Gasteiger partial charge in [0.25, 0.3) is 0 Å². The molecule has 3 N–H and O–H groups in total. The Hall–Kier alpha value is -3.62. The monoisotopic (exact) mass is 430 g/mol. The lowest BCUT2D eigenvalue weighted by molar-refractivity contribution is -0.251. The second kappa shape index (κ2) is 9.26. The fourth-order valence-corrected chi connectivity index (χ4v) is 4.00. The van der Waals surface area contributed by atoms with Gasteiger partial charge in [-0.3, -0.25) is 4.99 Å². The van der Waals surface area contributed by atoms with Crippen molar-refractivity contribution in [3.63, 3.8) is 0 Å². The Morgan fingerprint density at radius 1 is 0.969 bits per heavy atom. The Bertz CT molecular complexity index is 1100. The summed E-state index contributed by atoms with van der Waals surface area (Å²) in [6, 6.07) is 20.6. The molecule has 7 nitrogen and oxygen atoms in total. The van der Waals surface area contributed by atoms with Gasteiger partial charge in [0.05, 0.1) is 0 Å². The number of carboxylic acid groups (broad SMARTS) is 1. The van der Waals surface area contributed by atoms with E-state index in [-0.39, 0.29) is 24.4 Å². The highest BCUT2D eigenvalue weighted by Gasteiger charge is 2.27. The maximum atomic E-state index is 12.4. The number of benzene rings is 3. The molecule has 8 heteroatoms. The van der Waals surface area contributed by atoms with Crippen molar-refractivity contribution in [2.75, 3.05) is 6.61 Å². The second-order valence-electron chi connectivity index (χ2n) is 7.61. The largest absolute Gasteiger partial charge is 0.599 e. The maximum Gasteiger partial charge on any atom is 0.488 e. The lowest BCUT2D eigenvalue weighted by atomic mass is 9.80. The molecule has 162 valence electrons. The van der Waals surface area contributed by atoms with Crippen LogP contribution in [-0.2, 0) is 16.0 Å². The third kappa shape index (κ3) is 4.51. The van der Waals surface area contributed by atoms with Crippen LogP contribution in [0.3, 0.4) is 0 Å². The zero-order valence-electron chi connectivity index (χ0n) is 17.1. The Balaban J connectivity index is 1.47. The molecule has 4 rings (SSSR count). The molecule has 1 aliphatic carbocycles. The van der Waals surface area contributed by atoms with E-state index in [1.165, 1.54) is 12.1 Å². The minimum absolute atomic E-state index is 0.0265. The molecule has 1 atom stereocenters. The highest BCUT2D eigenvalue weighted by molar-refractivity contribution is 6.58. The summed E-state index contributed by atoms with van der Waals surface area (Å²) in [5, 5.41) is 40.2. The number of hydrogen-bond acceptors (Lipinski definition) is 6. The molecule has 0 aliphatic heterocycles. The lowest BCUT2D eigenvalue weighted by Gasteiger charge is -2.22. The smallest absolute Gasteiger partial charge is 0.488 e. The normalized spacial score (nSPS) is 13.9. The van der Waals surface area contributed by atoms with Gasteiger partial charge in [-0.1, -0.05) is 72.8 Å². The molecule has 0 amide bonds. The summed E-state index contributed by atoms with van der Waals surface area (Å²) in [5.74, 6) is -1.38. The summed E-state index contributed by atoms with van der Waals surface area (Å²) in [5.41, 5.74) is 5.19. The van der Waals surface area contributed by atoms with E-state index in [1.54, 1.807) is 12.1 Å². The van der Waals surface area contributed by atoms with Gasteiger partial charge in [-0.25, -0.2) is 4.79 Å². The summed E-state index contributed by atoms with van der Waals surface area (Å²) in [4.78, 5) is 15.4. The molecule has 1 aliphatic rings. The van der Waals surface area contributed by atoms with Crippen LogP contribution >= 0.6 is 0 Å². The van der Waals surface area contributed by atoms with Crippen LogP contribution in [0.4, 0.5) is 0 Å². The fourth-order valence-electron chi connectivity index (χ4n) is 4.00. The van der Waals surface area contributed by atoms with E-state index >= 15 is 0 Å². The van der Waals surface area contributed by atoms with Gasteiger partial charge < -0.3 is 25.0 Å². The summed E-state index contributed by atoms with van der Waals surface area (Å²) >= 11 is 0. The third-order valence-electron chi connectivity index (χ3n) is 5.59. The van der Waals surface area contributed by atoms with Crippen LogP contribution in [-0.4, -0.2) is 47.0 Å². The van der Waals surface area contributed by atoms with Gasteiger partial charge in [0, 0.05) is 18.9 Å². The molecular weight excluding hydrogens is 409 g/mol. The van der Waals surface area contributed by atoms with Crippen molar-refractivity contribution in [2.24, 2.45) is 4.99 Å². The van der Waals surface area contributed by atoms with Crippen LogP contribution in [0.15, 0.2) is 77.8 Å². The van der Waals surface area contributed by atoms with Gasteiger partial charge in [0.15, 0.2) is 6.04 Å². The summed E-state index contributed by atoms with van der Waals surface area (Å²) in [6.45, 7) is 0.0613. The number of nitrogens with zero attached hydrogens (tertiary/aromatic N) is 1. The van der Waals surface area contributed by atoms with E-state index in [9.17, 15) is 15.0 Å². The zero-order valence-corrected chi connectivity index (χ0v) is 17.1. The first-order chi connectivity index (χ1) is 15.4. The van der Waals surface area contributed by atoms with E-state index in [0.717, 1.165) is 22.3 Å². The van der Waals surface area contributed by atoms with Crippen LogP contribution in [0.25, 0.3) is 11.1 Å². The molecule has 0 bridgehead atoms. The minimum atomic E-state index is -1.61. The maximum absolute atomic E-state index is 12.4. The number of rotatable bonds is 7. The molecule has 0 fully saturated rings. The summed E-state index contributed by atoms with van der Waals surface area (Å²) in [6.07, 6.45) is -0.955. The second-order valence-corrected chi connectivity index (χ2v) is 7.61. The molecule has 1 unspecified atom stereocenters. The number of fused-ring (bicyclic) bond motifs is 3. The van der Waals surface area contributed by atoms with Crippen LogP contribution in [0.5, 0.6) is 0 Å². The van der Waals surface area contributed by atoms with Crippen molar-refractivity contribution < 1.29 is 29.8 Å². The van der Waals surface area contributed by atoms with Crippen molar-refractivity contribution in [2.45, 2.75) is 18.4 Å². The molecule has 3 aromatic rings. The first-order valence-electron chi connectivity index (χ1n) is 10.2. The van der Waals surface area contributed by atoms with E-state index in [4.69, 9.17) is 14.8 Å². The number of aliphatic imine (C=N–C) groups is 1. The van der Waals surface area contributed by atoms with E-state index < -0.39 is 25.2 Å². The van der Waals surface area contributed by atoms with Crippen LogP contribution in [0.2, 0.25) is 0 Å². The Kier molecular flexibility index (Phi) is 6.25. The molecule has 0 radical (unpaired) electrons. The number of carbonyl (C=O) groups is 1. The molecular formula is C24H21BNO6-. The molecule has 32 heavy (non-hydrogen) atoms. The van der Waals surface area contributed by atoms with E-state index in [1.807, 2.05) is 48.5 Å². The number of aliphatic carboxylic acids is 1. The average Bonchev–Trinajstić information content (AvgIpc) is 3.11. The fraction of sp³-hybridized carbons (Fsp3) is 0.167. The van der Waals surface area contributed by atoms with E-state index in [2.05, 4.69) is 4.99 Å². The van der Waals surface area contributed by atoms with Crippen molar-refractivity contribution in [3.05, 3.63) is 89.5 Å². The van der Waals surface area contributed by atoms with Gasteiger partial charge in [-0.15, -0.1) is 0 Å². The standard InChI is InChI=1S/C24H22BNO6/c27-23(28)22(13-15-9-11-16(12-10-15)25(30)31)26-24(29)32-14-21-19-7-3-1-5-17(19)18-6-2-4-8-20(18)21/h1-12,21-22,30-31H,13-14H2,(H,26,29)(H,27,28)/p-1. The quantitative estimate of drug-likeness (QED) is 0.291. The molecule has 0 heterocycles. The molecule has 3 aromatic carbocycles. The van der Waals surface area contributed by atoms with Crippen molar-refractivity contribution >= 4 is 24.6 Å². The zero-order chi connectivity index (χ0) is 22.7. The molecule has 0 saturated heterocycles. The van der Waals surface area contributed by atoms with Gasteiger partial charge in [-0.2, -0.15) is 0 Å². The van der Waals surface area contributed by atoms with Gasteiger partial charge in [-0.05, 0) is 33.3 Å². The van der Waals surface area contributed by atoms with E-state index in [0.29, 0.717) is 5.56 Å². The highest BCUT2D eigenvalue weighted by Crippen LogP contribution is 2.44. The summed E-state index contributed by atoms with van der Waals surface area (Å²) < 4.78 is 5.37. The van der Waals surface area contributed by atoms with Crippen LogP contribution in [0.1, 0.15) is 22.6 Å². The third-order valence-corrected chi connectivity index (χ3v) is 5.59. The SMILES string of the molecule is O=C(O)C(Cc1ccc(B(O)O)cc1)N=C([O-])OCC1c2ccccc2-c2ccccc21. The minimum Gasteiger partial charge on any atom is -0.599 e. The highest BCUT2D eigenvalue weighted by atomic mass is 16.6. The average molecular weight is 430 g/mol. The van der Waals surface area contributed by atoms with Gasteiger partial charge in [0.2, 0.25) is 0 Å². The van der Waals surface area contributed by atoms with Crippen molar-refractivity contribution in [1.29, 1.82) is 0 Å². The predicted molar refractivity (Wildman–Crippen MR) is 119 cm³/mol. The van der Waals surface area contributed by atoms with Gasteiger partial charge in [0.1, 0.15) is 6.08 Å². The summed E-state index contributed by atoms with van der Waals surface area (Å²) in [7, 11) is -1.61.